The van der Waals surface area contributed by atoms with Crippen molar-refractivity contribution in [3.05, 3.63) is 82.9 Å². The number of aromatic carboxylic acids is 2. The summed E-state index contributed by atoms with van der Waals surface area (Å²) in [5, 5.41) is 19.9. The van der Waals surface area contributed by atoms with Crippen LogP contribution in [-0.2, 0) is 12.8 Å². The Bertz CT molecular complexity index is 882. The van der Waals surface area contributed by atoms with Gasteiger partial charge >= 0.3 is 11.9 Å². The van der Waals surface area contributed by atoms with E-state index in [0.717, 1.165) is 0 Å². The van der Waals surface area contributed by atoms with Gasteiger partial charge < -0.3 is 10.2 Å². The number of carboxylic acids is 2. The molecule has 3 aromatic rings. The fraction of sp³-hybridized carbons (Fsp3) is 0.182. The van der Waals surface area contributed by atoms with E-state index in [1.807, 2.05) is 0 Å². The zero-order valence-electron chi connectivity index (χ0n) is 14.3. The molecule has 2 N–H and O–H groups in total. The molecule has 0 fully saturated rings. The van der Waals surface area contributed by atoms with Gasteiger partial charge in [0.05, 0.1) is 11.1 Å². The molecule has 132 valence electrons. The monoisotopic (exact) mass is 348 g/mol. The summed E-state index contributed by atoms with van der Waals surface area (Å²) >= 11 is 0. The predicted octanol–water partition coefficient (Wildman–Crippen LogP) is 4.80. The minimum atomic E-state index is -1.23. The number of benzene rings is 3. The van der Waals surface area contributed by atoms with Crippen LogP contribution in [0.4, 0.5) is 0 Å². The normalized spacial score (nSPS) is 12.6. The number of carboxylic acid groups (broad SMARTS) is 2. The van der Waals surface area contributed by atoms with Gasteiger partial charge in [-0.05, 0) is 59.7 Å². The van der Waals surface area contributed by atoms with Crippen LogP contribution in [0.2, 0.25) is 0 Å². The fourth-order valence-corrected chi connectivity index (χ4v) is 3.29. The number of hydrogen-bond acceptors (Lipinski definition) is 2. The number of carbonyl (C=O) groups is 2. The van der Waals surface area contributed by atoms with Gasteiger partial charge in [-0.25, -0.2) is 9.59 Å². The maximum atomic E-state index is 10.5. The molecule has 1 aliphatic carbocycles. The first-order valence-electron chi connectivity index (χ1n) is 8.62. The molecular weight excluding hydrogens is 328 g/mol. The van der Waals surface area contributed by atoms with Gasteiger partial charge in [-0.3, -0.25) is 0 Å². The second kappa shape index (κ2) is 7.83. The molecule has 0 aliphatic heterocycles. The first kappa shape index (κ1) is 17.7. The largest absolute Gasteiger partial charge is 0.478 e. The van der Waals surface area contributed by atoms with E-state index in [1.165, 1.54) is 60.7 Å². The summed E-state index contributed by atoms with van der Waals surface area (Å²) in [4.78, 5) is 20.9. The standard InChI is InChI=1S/C14H14.C8H6O4/c1-2-6-12-10-14-8-4-3-7-13(14)9-11(12)5-1;9-7(10)5-3-1-2-4-6(5)8(11)12/h1-2,5-6,9-10H,3-4,7-8H2;1-4H,(H,9,10)(H,11,12). The number of aryl methyl sites for hydroxylation is 2. The lowest BCUT2D eigenvalue weighted by Crippen LogP contribution is -2.06. The molecule has 0 heterocycles. The van der Waals surface area contributed by atoms with Gasteiger partial charge in [-0.1, -0.05) is 48.5 Å². The quantitative estimate of drug-likeness (QED) is 0.697. The predicted molar refractivity (Wildman–Crippen MR) is 101 cm³/mol. The molecule has 0 aromatic heterocycles. The summed E-state index contributed by atoms with van der Waals surface area (Å²) in [6, 6.07) is 18.9. The van der Waals surface area contributed by atoms with Crippen molar-refractivity contribution in [2.75, 3.05) is 0 Å². The van der Waals surface area contributed by atoms with Gasteiger partial charge in [0, 0.05) is 0 Å². The molecule has 0 radical (unpaired) electrons. The molecule has 0 spiro atoms. The Morgan fingerprint density at radius 2 is 1.04 bits per heavy atom. The molecule has 0 saturated carbocycles. The van der Waals surface area contributed by atoms with Crippen molar-refractivity contribution in [1.82, 2.24) is 0 Å². The van der Waals surface area contributed by atoms with Crippen LogP contribution in [0.25, 0.3) is 10.8 Å². The van der Waals surface area contributed by atoms with Crippen LogP contribution < -0.4 is 0 Å². The highest BCUT2D eigenvalue weighted by Gasteiger charge is 2.13. The van der Waals surface area contributed by atoms with Crippen molar-refractivity contribution in [2.24, 2.45) is 0 Å². The van der Waals surface area contributed by atoms with E-state index >= 15 is 0 Å². The molecule has 0 amide bonds. The molecule has 26 heavy (non-hydrogen) atoms. The number of hydrogen-bond donors (Lipinski definition) is 2. The van der Waals surface area contributed by atoms with Gasteiger partial charge in [0.15, 0.2) is 0 Å². The van der Waals surface area contributed by atoms with Gasteiger partial charge in [0.1, 0.15) is 0 Å². The lowest BCUT2D eigenvalue weighted by Gasteiger charge is -2.16. The highest BCUT2D eigenvalue weighted by Crippen LogP contribution is 2.26. The summed E-state index contributed by atoms with van der Waals surface area (Å²) in [7, 11) is 0. The second-order valence-corrected chi connectivity index (χ2v) is 6.33. The second-order valence-electron chi connectivity index (χ2n) is 6.33. The lowest BCUT2D eigenvalue weighted by atomic mass is 9.89. The molecule has 0 unspecified atom stereocenters. The molecule has 1 aliphatic rings. The maximum absolute atomic E-state index is 10.5. The summed E-state index contributed by atoms with van der Waals surface area (Å²) in [5.74, 6) is -2.46. The average molecular weight is 348 g/mol. The van der Waals surface area contributed by atoms with E-state index in [1.54, 1.807) is 11.1 Å². The van der Waals surface area contributed by atoms with Crippen LogP contribution in [-0.4, -0.2) is 22.2 Å². The Labute approximate surface area is 151 Å². The Morgan fingerprint density at radius 3 is 1.42 bits per heavy atom. The fourth-order valence-electron chi connectivity index (χ4n) is 3.29. The maximum Gasteiger partial charge on any atom is 0.336 e. The average Bonchev–Trinajstić information content (AvgIpc) is 2.66. The van der Waals surface area contributed by atoms with E-state index in [-0.39, 0.29) is 11.1 Å². The van der Waals surface area contributed by atoms with Crippen molar-refractivity contribution >= 4 is 22.7 Å². The van der Waals surface area contributed by atoms with Gasteiger partial charge in [0.25, 0.3) is 0 Å². The molecule has 4 nitrogen and oxygen atoms in total. The molecular formula is C22H20O4. The molecule has 0 bridgehead atoms. The Morgan fingerprint density at radius 1 is 0.654 bits per heavy atom. The zero-order chi connectivity index (χ0) is 18.5. The summed E-state index contributed by atoms with van der Waals surface area (Å²) < 4.78 is 0. The molecule has 4 heteroatoms. The third-order valence-electron chi connectivity index (χ3n) is 4.60. The highest BCUT2D eigenvalue weighted by atomic mass is 16.4. The van der Waals surface area contributed by atoms with E-state index < -0.39 is 11.9 Å². The first-order chi connectivity index (χ1) is 12.6. The van der Waals surface area contributed by atoms with Gasteiger partial charge in [-0.15, -0.1) is 0 Å². The van der Waals surface area contributed by atoms with Crippen LogP contribution in [0.1, 0.15) is 44.7 Å². The molecule has 4 rings (SSSR count). The lowest BCUT2D eigenvalue weighted by molar-refractivity contribution is 0.0651. The van der Waals surface area contributed by atoms with Crippen LogP contribution in [0.15, 0.2) is 60.7 Å². The van der Waals surface area contributed by atoms with Crippen LogP contribution in [0.3, 0.4) is 0 Å². The Balaban J connectivity index is 0.000000153. The topological polar surface area (TPSA) is 74.6 Å². The summed E-state index contributed by atoms with van der Waals surface area (Å²) in [5.41, 5.74) is 2.78. The Kier molecular flexibility index (Phi) is 5.32. The zero-order valence-corrected chi connectivity index (χ0v) is 14.3. The molecule has 0 atom stereocenters. The minimum Gasteiger partial charge on any atom is -0.478 e. The molecule has 3 aromatic carbocycles. The van der Waals surface area contributed by atoms with E-state index in [4.69, 9.17) is 10.2 Å². The van der Waals surface area contributed by atoms with E-state index in [0.29, 0.717) is 0 Å². The van der Waals surface area contributed by atoms with Gasteiger partial charge in [-0.2, -0.15) is 0 Å². The first-order valence-corrected chi connectivity index (χ1v) is 8.62. The number of fused-ring (bicyclic) bond motifs is 2. The molecule has 0 saturated heterocycles. The minimum absolute atomic E-state index is 0.190. The highest BCUT2D eigenvalue weighted by molar-refractivity contribution is 6.01. The summed E-state index contributed by atoms with van der Waals surface area (Å²) in [6.45, 7) is 0. The van der Waals surface area contributed by atoms with Crippen LogP contribution >= 0.6 is 0 Å². The van der Waals surface area contributed by atoms with Crippen molar-refractivity contribution in [2.45, 2.75) is 25.7 Å². The SMILES string of the molecule is O=C(O)c1ccccc1C(=O)O.c1ccc2cc3c(cc2c1)CCCC3. The van der Waals surface area contributed by atoms with Crippen molar-refractivity contribution in [3.8, 4) is 0 Å². The van der Waals surface area contributed by atoms with Crippen LogP contribution in [0, 0.1) is 0 Å². The smallest absolute Gasteiger partial charge is 0.336 e. The van der Waals surface area contributed by atoms with Crippen LogP contribution in [0.5, 0.6) is 0 Å². The third kappa shape index (κ3) is 3.91. The van der Waals surface area contributed by atoms with E-state index in [9.17, 15) is 9.59 Å². The van der Waals surface area contributed by atoms with E-state index in [2.05, 4.69) is 36.4 Å². The Hall–Kier alpha value is -3.14. The van der Waals surface area contributed by atoms with Crippen molar-refractivity contribution < 1.29 is 19.8 Å². The third-order valence-corrected chi connectivity index (χ3v) is 4.60. The van der Waals surface area contributed by atoms with Gasteiger partial charge in [0.2, 0.25) is 0 Å². The number of rotatable bonds is 2. The van der Waals surface area contributed by atoms with Crippen molar-refractivity contribution in [1.29, 1.82) is 0 Å². The van der Waals surface area contributed by atoms with Crippen molar-refractivity contribution in [3.63, 3.8) is 0 Å². The summed E-state index contributed by atoms with van der Waals surface area (Å²) in [6.07, 6.45) is 5.29.